The summed E-state index contributed by atoms with van der Waals surface area (Å²) in [6, 6.07) is 4.25. The molecule has 4 rings (SSSR count). The highest BCUT2D eigenvalue weighted by Gasteiger charge is 2.19. The molecule has 1 aliphatic heterocycles. The van der Waals surface area contributed by atoms with E-state index in [1.54, 1.807) is 11.8 Å². The number of aromatic nitrogens is 4. The Morgan fingerprint density at radius 3 is 3.00 bits per heavy atom. The largest absolute Gasteiger partial charge is 0.493 e. The molecule has 3 N–H and O–H groups in total. The summed E-state index contributed by atoms with van der Waals surface area (Å²) in [7, 11) is 0. The van der Waals surface area contributed by atoms with Crippen molar-refractivity contribution in [1.82, 2.24) is 24.8 Å². The second-order valence-corrected chi connectivity index (χ2v) is 8.86. The zero-order chi connectivity index (χ0) is 21.3. The minimum absolute atomic E-state index is 0.0457. The van der Waals surface area contributed by atoms with E-state index >= 15 is 0 Å². The zero-order valence-corrected chi connectivity index (χ0v) is 18.3. The van der Waals surface area contributed by atoms with Crippen LogP contribution in [0.1, 0.15) is 31.4 Å². The normalized spacial score (nSPS) is 12.9. The number of amides is 1. The van der Waals surface area contributed by atoms with Crippen LogP contribution in [0.25, 0.3) is 11.2 Å². The number of carbonyl (C=O) groups excluding carboxylic acids is 1. The summed E-state index contributed by atoms with van der Waals surface area (Å²) in [5, 5.41) is 3.74. The molecule has 1 aromatic carbocycles. The first-order valence-corrected chi connectivity index (χ1v) is 10.9. The first-order valence-electron chi connectivity index (χ1n) is 10.1. The molecule has 0 spiro atoms. The van der Waals surface area contributed by atoms with Crippen LogP contribution in [-0.2, 0) is 17.8 Å². The lowest BCUT2D eigenvalue weighted by molar-refractivity contribution is -0.121. The number of nitrogens with two attached hydrogens (primary N) is 1. The third-order valence-corrected chi connectivity index (χ3v) is 6.12. The molecular formula is C21H26N6O2S. The third kappa shape index (κ3) is 4.21. The number of aryl methyl sites for hydroxylation is 1. The average molecular weight is 427 g/mol. The van der Waals surface area contributed by atoms with Crippen LogP contribution in [0.4, 0.5) is 5.82 Å². The van der Waals surface area contributed by atoms with E-state index in [1.165, 1.54) is 17.5 Å². The van der Waals surface area contributed by atoms with Crippen LogP contribution < -0.4 is 15.8 Å². The summed E-state index contributed by atoms with van der Waals surface area (Å²) in [6.07, 6.45) is 2.90. The molecule has 9 heteroatoms. The lowest BCUT2D eigenvalue weighted by Crippen LogP contribution is -2.28. The lowest BCUT2D eigenvalue weighted by atomic mass is 10.1. The van der Waals surface area contributed by atoms with Crippen molar-refractivity contribution in [2.45, 2.75) is 50.2 Å². The monoisotopic (exact) mass is 426 g/mol. The number of nitrogen functional groups attached to an aromatic ring is 1. The maximum atomic E-state index is 12.0. The molecule has 0 saturated heterocycles. The van der Waals surface area contributed by atoms with Gasteiger partial charge in [-0.3, -0.25) is 4.79 Å². The topological polar surface area (TPSA) is 108 Å². The second kappa shape index (κ2) is 8.51. The van der Waals surface area contributed by atoms with Crippen molar-refractivity contribution < 1.29 is 9.53 Å². The van der Waals surface area contributed by atoms with Crippen LogP contribution >= 0.6 is 11.8 Å². The Kier molecular flexibility index (Phi) is 5.80. The summed E-state index contributed by atoms with van der Waals surface area (Å²) >= 11 is 1.55. The number of hydrogen-bond acceptors (Lipinski definition) is 7. The molecular weight excluding hydrogens is 400 g/mol. The maximum Gasteiger partial charge on any atom is 0.220 e. The number of benzene rings is 1. The van der Waals surface area contributed by atoms with Crippen LogP contribution in [0.15, 0.2) is 28.5 Å². The Hall–Kier alpha value is -2.81. The van der Waals surface area contributed by atoms with Gasteiger partial charge in [-0.15, -0.1) is 0 Å². The molecule has 3 heterocycles. The van der Waals surface area contributed by atoms with Crippen LogP contribution in [0.3, 0.4) is 0 Å². The fraction of sp³-hybridized carbons (Fsp3) is 0.429. The van der Waals surface area contributed by atoms with Crippen molar-refractivity contribution >= 4 is 34.7 Å². The van der Waals surface area contributed by atoms with E-state index in [0.717, 1.165) is 28.8 Å². The van der Waals surface area contributed by atoms with Crippen molar-refractivity contribution in [3.8, 4) is 5.75 Å². The molecule has 0 bridgehead atoms. The molecule has 2 aromatic heterocycles. The highest BCUT2D eigenvalue weighted by atomic mass is 32.2. The Balaban J connectivity index is 1.62. The average Bonchev–Trinajstić information content (AvgIpc) is 3.27. The van der Waals surface area contributed by atoms with Gasteiger partial charge in [0.2, 0.25) is 5.91 Å². The molecule has 0 saturated carbocycles. The number of hydrogen-bond donors (Lipinski definition) is 2. The van der Waals surface area contributed by atoms with Gasteiger partial charge in [0.25, 0.3) is 0 Å². The van der Waals surface area contributed by atoms with Crippen LogP contribution in [0.2, 0.25) is 0 Å². The predicted molar refractivity (Wildman–Crippen MR) is 117 cm³/mol. The van der Waals surface area contributed by atoms with Gasteiger partial charge in [-0.1, -0.05) is 31.7 Å². The Labute approximate surface area is 179 Å². The highest BCUT2D eigenvalue weighted by molar-refractivity contribution is 7.99. The van der Waals surface area contributed by atoms with Crippen molar-refractivity contribution in [2.75, 3.05) is 18.9 Å². The Morgan fingerprint density at radius 1 is 1.37 bits per heavy atom. The van der Waals surface area contributed by atoms with E-state index in [0.29, 0.717) is 42.4 Å². The van der Waals surface area contributed by atoms with Gasteiger partial charge in [-0.05, 0) is 30.0 Å². The quantitative estimate of drug-likeness (QED) is 0.598. The maximum absolute atomic E-state index is 12.0. The SMILES string of the molecule is Cc1cc2c(cc1Sc1nc3c(N)ncnc3n1CCNC(=O)CC(C)C)OCC2. The van der Waals surface area contributed by atoms with E-state index in [1.807, 2.05) is 18.4 Å². The van der Waals surface area contributed by atoms with Crippen molar-refractivity contribution in [2.24, 2.45) is 5.92 Å². The smallest absolute Gasteiger partial charge is 0.220 e. The van der Waals surface area contributed by atoms with Gasteiger partial charge in [-0.25, -0.2) is 15.0 Å². The first-order chi connectivity index (χ1) is 14.4. The van der Waals surface area contributed by atoms with Gasteiger partial charge >= 0.3 is 0 Å². The molecule has 0 aliphatic carbocycles. The fourth-order valence-corrected chi connectivity index (χ4v) is 4.51. The summed E-state index contributed by atoms with van der Waals surface area (Å²) in [4.78, 5) is 26.3. The molecule has 0 atom stereocenters. The summed E-state index contributed by atoms with van der Waals surface area (Å²) in [5.74, 6) is 1.65. The molecule has 1 amide bonds. The molecule has 0 unspecified atom stereocenters. The number of nitrogens with zero attached hydrogens (tertiary/aromatic N) is 4. The van der Waals surface area contributed by atoms with Gasteiger partial charge in [0.15, 0.2) is 22.1 Å². The number of ether oxygens (including phenoxy) is 1. The summed E-state index contributed by atoms with van der Waals surface area (Å²) in [5.41, 5.74) is 9.70. The summed E-state index contributed by atoms with van der Waals surface area (Å²) < 4.78 is 7.72. The summed E-state index contributed by atoms with van der Waals surface area (Å²) in [6.45, 7) is 7.90. The molecule has 8 nitrogen and oxygen atoms in total. The van der Waals surface area contributed by atoms with Crippen LogP contribution in [0.5, 0.6) is 5.75 Å². The second-order valence-electron chi connectivity index (χ2n) is 7.85. The highest BCUT2D eigenvalue weighted by Crippen LogP contribution is 2.37. The predicted octanol–water partition coefficient (Wildman–Crippen LogP) is 2.97. The van der Waals surface area contributed by atoms with E-state index in [-0.39, 0.29) is 5.91 Å². The lowest BCUT2D eigenvalue weighted by Gasteiger charge is -2.12. The molecule has 0 radical (unpaired) electrons. The first kappa shape index (κ1) is 20.5. The Bertz CT molecular complexity index is 1090. The minimum atomic E-state index is 0.0457. The Morgan fingerprint density at radius 2 is 2.20 bits per heavy atom. The van der Waals surface area contributed by atoms with Gasteiger partial charge in [0, 0.05) is 30.8 Å². The van der Waals surface area contributed by atoms with Crippen molar-refractivity contribution in [3.05, 3.63) is 29.6 Å². The molecule has 0 fully saturated rings. The third-order valence-electron chi connectivity index (χ3n) is 4.96. The molecule has 158 valence electrons. The number of imidazole rings is 1. The number of anilines is 1. The number of carbonyl (C=O) groups is 1. The van der Waals surface area contributed by atoms with Crippen LogP contribution in [-0.4, -0.2) is 38.6 Å². The van der Waals surface area contributed by atoms with E-state index in [4.69, 9.17) is 15.5 Å². The standard InChI is InChI=1S/C21H26N6O2S/c1-12(2)8-17(28)23-5-6-27-20-18(19(22)24-11-25-20)26-21(27)30-16-10-15-14(4-7-29-15)9-13(16)3/h9-12H,4-8H2,1-3H3,(H,23,28)(H2,22,24,25). The van der Waals surface area contributed by atoms with Gasteiger partial charge in [0.05, 0.1) is 6.61 Å². The van der Waals surface area contributed by atoms with E-state index < -0.39 is 0 Å². The fourth-order valence-electron chi connectivity index (χ4n) is 3.50. The number of nitrogens with one attached hydrogen (secondary N) is 1. The molecule has 3 aromatic rings. The van der Waals surface area contributed by atoms with Gasteiger partial charge in [0.1, 0.15) is 12.1 Å². The van der Waals surface area contributed by atoms with E-state index in [2.05, 4.69) is 34.3 Å². The van der Waals surface area contributed by atoms with Crippen molar-refractivity contribution in [3.63, 3.8) is 0 Å². The van der Waals surface area contributed by atoms with Crippen molar-refractivity contribution in [1.29, 1.82) is 0 Å². The van der Waals surface area contributed by atoms with Crippen LogP contribution in [0, 0.1) is 12.8 Å². The van der Waals surface area contributed by atoms with Gasteiger partial charge in [-0.2, -0.15) is 0 Å². The molecule has 1 aliphatic rings. The number of fused-ring (bicyclic) bond motifs is 2. The number of rotatable bonds is 7. The minimum Gasteiger partial charge on any atom is -0.493 e. The van der Waals surface area contributed by atoms with Gasteiger partial charge < -0.3 is 20.4 Å². The van der Waals surface area contributed by atoms with E-state index in [9.17, 15) is 4.79 Å². The molecule has 30 heavy (non-hydrogen) atoms. The zero-order valence-electron chi connectivity index (χ0n) is 17.4.